The molecule has 1 aromatic rings. The molecule has 1 fully saturated rings. The van der Waals surface area contributed by atoms with Gasteiger partial charge in [0.25, 0.3) is 5.56 Å². The quantitative estimate of drug-likeness (QED) is 0.399. The molecule has 2 heterocycles. The summed E-state index contributed by atoms with van der Waals surface area (Å²) in [5.41, 5.74) is -1.58. The lowest BCUT2D eigenvalue weighted by molar-refractivity contribution is -0.153. The van der Waals surface area contributed by atoms with E-state index in [-0.39, 0.29) is 24.4 Å². The number of halogens is 1. The monoisotopic (exact) mass is 545 g/mol. The Labute approximate surface area is 205 Å². The average molecular weight is 546 g/mol. The van der Waals surface area contributed by atoms with E-state index in [4.69, 9.17) is 14.2 Å². The SMILES string of the molecule is CC(CCCC(=O)O[C@H]1C[C@H](n2cc(/C=C/Br)c(=O)[nH]c2=O)O[C@@H]1CO)NC(=O)OC(C)(C)C. The summed E-state index contributed by atoms with van der Waals surface area (Å²) in [6.07, 6.45) is 1.18. The van der Waals surface area contributed by atoms with Crippen LogP contribution in [0.25, 0.3) is 6.08 Å². The number of nitrogens with zero attached hydrogens (tertiary/aromatic N) is 1. The normalized spacial score (nSPS) is 21.4. The largest absolute Gasteiger partial charge is 0.459 e. The third-order valence-electron chi connectivity index (χ3n) is 4.97. The second kappa shape index (κ2) is 12.3. The van der Waals surface area contributed by atoms with Gasteiger partial charge < -0.3 is 24.6 Å². The van der Waals surface area contributed by atoms with Gasteiger partial charge in [-0.1, -0.05) is 15.9 Å². The first-order chi connectivity index (χ1) is 15.9. The first-order valence-corrected chi connectivity index (χ1v) is 11.9. The van der Waals surface area contributed by atoms with Gasteiger partial charge in [-0.25, -0.2) is 9.59 Å². The molecule has 34 heavy (non-hydrogen) atoms. The van der Waals surface area contributed by atoms with Crippen LogP contribution in [0.5, 0.6) is 0 Å². The van der Waals surface area contributed by atoms with Crippen LogP contribution in [-0.2, 0) is 19.0 Å². The van der Waals surface area contributed by atoms with Crippen LogP contribution in [0.1, 0.15) is 65.2 Å². The lowest BCUT2D eigenvalue weighted by Crippen LogP contribution is -2.37. The molecule has 0 bridgehead atoms. The van der Waals surface area contributed by atoms with Crippen molar-refractivity contribution in [2.45, 2.75) is 83.5 Å². The van der Waals surface area contributed by atoms with Crippen molar-refractivity contribution in [3.63, 3.8) is 0 Å². The molecule has 1 saturated heterocycles. The number of carbonyl (C=O) groups is 2. The smallest absolute Gasteiger partial charge is 0.407 e. The molecule has 1 aliphatic rings. The summed E-state index contributed by atoms with van der Waals surface area (Å²) in [6, 6.07) is -0.193. The molecule has 190 valence electrons. The molecule has 0 aromatic carbocycles. The van der Waals surface area contributed by atoms with Gasteiger partial charge in [-0.15, -0.1) is 0 Å². The van der Waals surface area contributed by atoms with E-state index < -0.39 is 54.0 Å². The fourth-order valence-corrected chi connectivity index (χ4v) is 3.71. The Morgan fingerprint density at radius 3 is 2.74 bits per heavy atom. The van der Waals surface area contributed by atoms with E-state index in [1.54, 1.807) is 20.8 Å². The highest BCUT2D eigenvalue weighted by Gasteiger charge is 2.39. The number of aliphatic hydroxyl groups excluding tert-OH is 1. The number of ether oxygens (including phenoxy) is 3. The summed E-state index contributed by atoms with van der Waals surface area (Å²) < 4.78 is 17.6. The predicted molar refractivity (Wildman–Crippen MR) is 127 cm³/mol. The van der Waals surface area contributed by atoms with E-state index in [0.29, 0.717) is 12.8 Å². The molecule has 11 nitrogen and oxygen atoms in total. The van der Waals surface area contributed by atoms with Gasteiger partial charge in [0.05, 0.1) is 12.2 Å². The zero-order valence-corrected chi connectivity index (χ0v) is 21.3. The van der Waals surface area contributed by atoms with Crippen molar-refractivity contribution in [2.24, 2.45) is 0 Å². The van der Waals surface area contributed by atoms with Crippen molar-refractivity contribution < 1.29 is 28.9 Å². The minimum absolute atomic E-state index is 0.110. The van der Waals surface area contributed by atoms with Crippen molar-refractivity contribution >= 4 is 34.1 Å². The van der Waals surface area contributed by atoms with Crippen LogP contribution in [0.2, 0.25) is 0 Å². The summed E-state index contributed by atoms with van der Waals surface area (Å²) in [5, 5.41) is 12.4. The van der Waals surface area contributed by atoms with E-state index in [1.165, 1.54) is 21.8 Å². The van der Waals surface area contributed by atoms with Crippen molar-refractivity contribution in [3.05, 3.63) is 37.6 Å². The second-order valence-corrected chi connectivity index (χ2v) is 9.59. The van der Waals surface area contributed by atoms with Crippen molar-refractivity contribution in [1.29, 1.82) is 0 Å². The minimum Gasteiger partial charge on any atom is -0.459 e. The molecule has 12 heteroatoms. The Bertz CT molecular complexity index is 997. The highest BCUT2D eigenvalue weighted by atomic mass is 79.9. The number of H-pyrrole nitrogens is 1. The molecular formula is C22H32BrN3O8. The Morgan fingerprint density at radius 1 is 1.41 bits per heavy atom. The number of aliphatic hydroxyl groups is 1. The number of amides is 1. The minimum atomic E-state index is -0.820. The van der Waals surface area contributed by atoms with Gasteiger partial charge in [0.2, 0.25) is 0 Å². The Hall–Kier alpha value is -2.44. The summed E-state index contributed by atoms with van der Waals surface area (Å²) in [5.74, 6) is -0.478. The maximum atomic E-state index is 12.3. The molecule has 3 N–H and O–H groups in total. The first-order valence-electron chi connectivity index (χ1n) is 11.0. The van der Waals surface area contributed by atoms with Crippen LogP contribution in [0.4, 0.5) is 4.79 Å². The third kappa shape index (κ3) is 8.41. The molecule has 0 radical (unpaired) electrons. The van der Waals surface area contributed by atoms with E-state index in [9.17, 15) is 24.3 Å². The van der Waals surface area contributed by atoms with Crippen LogP contribution in [0, 0.1) is 0 Å². The van der Waals surface area contributed by atoms with Gasteiger partial charge in [-0.2, -0.15) is 0 Å². The van der Waals surface area contributed by atoms with Crippen LogP contribution in [-0.4, -0.2) is 57.2 Å². The van der Waals surface area contributed by atoms with Crippen LogP contribution < -0.4 is 16.6 Å². The highest BCUT2D eigenvalue weighted by molar-refractivity contribution is 9.11. The lowest BCUT2D eigenvalue weighted by Gasteiger charge is -2.22. The van der Waals surface area contributed by atoms with Gasteiger partial charge >= 0.3 is 17.8 Å². The molecule has 2 rings (SSSR count). The number of nitrogens with one attached hydrogen (secondary N) is 2. The zero-order valence-electron chi connectivity index (χ0n) is 19.7. The Kier molecular flexibility index (Phi) is 10.1. The number of carbonyl (C=O) groups excluding carboxylic acids is 2. The number of aromatic nitrogens is 2. The number of hydrogen-bond acceptors (Lipinski definition) is 8. The van der Waals surface area contributed by atoms with Gasteiger partial charge in [-0.3, -0.25) is 19.1 Å². The van der Waals surface area contributed by atoms with Crippen LogP contribution in [0.3, 0.4) is 0 Å². The maximum Gasteiger partial charge on any atom is 0.407 e. The van der Waals surface area contributed by atoms with E-state index in [2.05, 4.69) is 26.2 Å². The number of alkyl carbamates (subject to hydrolysis) is 1. The average Bonchev–Trinajstić information content (AvgIpc) is 3.10. The summed E-state index contributed by atoms with van der Waals surface area (Å²) in [7, 11) is 0. The van der Waals surface area contributed by atoms with Gasteiger partial charge in [0.1, 0.15) is 24.0 Å². The maximum absolute atomic E-state index is 12.3. The molecule has 1 unspecified atom stereocenters. The molecule has 1 aromatic heterocycles. The topological polar surface area (TPSA) is 149 Å². The number of rotatable bonds is 9. The van der Waals surface area contributed by atoms with Crippen molar-refractivity contribution in [1.82, 2.24) is 14.9 Å². The standard InChI is InChI=1S/C22H32BrN3O8/c1-13(24-21(31)34-22(2,3)4)6-5-7-18(28)33-15-10-17(32-16(15)12-27)26-11-14(8-9-23)19(29)25-20(26)30/h8-9,11,13,15-17,27H,5-7,10,12H2,1-4H3,(H,24,31)(H,25,29,30)/b9-8+/t13?,15-,16+,17+/m0/s1. The number of esters is 1. The Morgan fingerprint density at radius 2 is 2.12 bits per heavy atom. The van der Waals surface area contributed by atoms with Gasteiger partial charge in [0.15, 0.2) is 0 Å². The third-order valence-corrected chi connectivity index (χ3v) is 5.24. The first kappa shape index (κ1) is 27.8. The Balaban J connectivity index is 1.89. The van der Waals surface area contributed by atoms with Crippen molar-refractivity contribution in [2.75, 3.05) is 6.61 Å². The van der Waals surface area contributed by atoms with E-state index >= 15 is 0 Å². The van der Waals surface area contributed by atoms with E-state index in [1.807, 2.05) is 6.92 Å². The lowest BCUT2D eigenvalue weighted by atomic mass is 10.1. The molecular weight excluding hydrogens is 514 g/mol. The van der Waals surface area contributed by atoms with Crippen LogP contribution in [0.15, 0.2) is 20.8 Å². The van der Waals surface area contributed by atoms with E-state index in [0.717, 1.165) is 0 Å². The number of hydrogen-bond donors (Lipinski definition) is 3. The summed E-state index contributed by atoms with van der Waals surface area (Å²) in [4.78, 5) is 52.0. The van der Waals surface area contributed by atoms with Crippen molar-refractivity contribution in [3.8, 4) is 0 Å². The molecule has 0 spiro atoms. The summed E-state index contributed by atoms with van der Waals surface area (Å²) in [6.45, 7) is 6.73. The van der Waals surface area contributed by atoms with Gasteiger partial charge in [-0.05, 0) is 51.6 Å². The molecule has 0 saturated carbocycles. The molecule has 4 atom stereocenters. The molecule has 1 amide bonds. The fraction of sp³-hybridized carbons (Fsp3) is 0.636. The zero-order chi connectivity index (χ0) is 25.5. The highest BCUT2D eigenvalue weighted by Crippen LogP contribution is 2.30. The number of aromatic amines is 1. The summed E-state index contributed by atoms with van der Waals surface area (Å²) >= 11 is 3.09. The second-order valence-electron chi connectivity index (χ2n) is 9.06. The predicted octanol–water partition coefficient (Wildman–Crippen LogP) is 2.18. The molecule has 0 aliphatic carbocycles. The van der Waals surface area contributed by atoms with Gasteiger partial charge in [0, 0.05) is 25.1 Å². The van der Waals surface area contributed by atoms with Crippen LogP contribution >= 0.6 is 15.9 Å². The molecule has 1 aliphatic heterocycles. The fourth-order valence-electron chi connectivity index (χ4n) is 3.42.